The van der Waals surface area contributed by atoms with Crippen molar-refractivity contribution >= 4 is 44.4 Å². The zero-order chi connectivity index (χ0) is 29.5. The van der Waals surface area contributed by atoms with E-state index < -0.39 is 70.2 Å². The topological polar surface area (TPSA) is 29.1 Å². The number of amides is 1. The summed E-state index contributed by atoms with van der Waals surface area (Å²) in [4.78, 5) is 11.9. The smallest absolute Gasteiger partial charge is 0.352 e. The number of rotatable bonds is 10. The molecule has 0 spiro atoms. The summed E-state index contributed by atoms with van der Waals surface area (Å²) in [6.45, 7) is -0.631. The monoisotopic (exact) mass is 747 g/mol. The summed E-state index contributed by atoms with van der Waals surface area (Å²) in [5.74, 6) is -47.7. The molecule has 37 heavy (non-hydrogen) atoms. The number of halogens is 17. The average molecular weight is 748 g/mol. The van der Waals surface area contributed by atoms with Crippen molar-refractivity contribution in [3.05, 3.63) is 44.0 Å². The van der Waals surface area contributed by atoms with E-state index in [1.165, 1.54) is 24.3 Å². The van der Waals surface area contributed by atoms with Crippen molar-refractivity contribution in [1.29, 1.82) is 0 Å². The van der Waals surface area contributed by atoms with Crippen LogP contribution in [-0.4, -0.2) is 54.2 Å². The number of hydrogen-bond donors (Lipinski definition) is 1. The Morgan fingerprint density at radius 2 is 1.14 bits per heavy atom. The highest BCUT2D eigenvalue weighted by molar-refractivity contribution is 14.1. The largest absolute Gasteiger partial charge is 0.460 e. The van der Waals surface area contributed by atoms with Gasteiger partial charge in [0, 0.05) is 22.7 Å². The summed E-state index contributed by atoms with van der Waals surface area (Å²) >= 11 is 3.87. The molecule has 0 aliphatic heterocycles. The van der Waals surface area contributed by atoms with Crippen LogP contribution >= 0.6 is 38.5 Å². The van der Waals surface area contributed by atoms with Crippen LogP contribution in [0, 0.1) is 0 Å². The molecule has 0 saturated carbocycles. The maximum absolute atomic E-state index is 13.9. The lowest BCUT2D eigenvalue weighted by molar-refractivity contribution is -0.449. The van der Waals surface area contributed by atoms with Crippen LogP contribution in [0.4, 0.5) is 65.9 Å². The standard InChI is InChI=1S/C18H10BrF15INO/c19-9-3-1-8(2-4-9)11(37)36-6-5-10(35)7-12(20,21)13(22,23)14(24,25)15(26,27)16(28,29)17(30,31)18(32,33)34/h1-4,7H,5-6H2,(H,36,37). The van der Waals surface area contributed by atoms with Crippen LogP contribution in [-0.2, 0) is 0 Å². The number of nitrogens with one attached hydrogen (secondary N) is 1. The minimum atomic E-state index is -8.33. The summed E-state index contributed by atoms with van der Waals surface area (Å²) in [6, 6.07) is 5.42. The highest BCUT2D eigenvalue weighted by Crippen LogP contribution is 2.62. The maximum Gasteiger partial charge on any atom is 0.460 e. The summed E-state index contributed by atoms with van der Waals surface area (Å²) in [6.07, 6.45) is -9.59. The molecule has 1 aromatic carbocycles. The molecule has 1 N–H and O–H groups in total. The average Bonchev–Trinajstić information content (AvgIpc) is 2.72. The van der Waals surface area contributed by atoms with Gasteiger partial charge in [-0.2, -0.15) is 65.9 Å². The van der Waals surface area contributed by atoms with E-state index in [9.17, 15) is 70.7 Å². The fraction of sp³-hybridized carbons (Fsp3) is 0.500. The van der Waals surface area contributed by atoms with E-state index in [4.69, 9.17) is 0 Å². The predicted molar refractivity (Wildman–Crippen MR) is 109 cm³/mol. The Bertz CT molecular complexity index is 1010. The van der Waals surface area contributed by atoms with Crippen molar-refractivity contribution in [2.24, 2.45) is 0 Å². The van der Waals surface area contributed by atoms with Gasteiger partial charge < -0.3 is 5.32 Å². The van der Waals surface area contributed by atoms with Gasteiger partial charge in [0.1, 0.15) is 0 Å². The van der Waals surface area contributed by atoms with E-state index in [0.29, 0.717) is 4.47 Å². The SMILES string of the molecule is O=C(NCCC(I)=CC(F)(F)C(F)(F)C(F)(F)C(F)(F)C(F)(F)C(F)(F)C(F)(F)F)c1ccc(Br)cc1. The second-order valence-electron chi connectivity index (χ2n) is 7.10. The third kappa shape index (κ3) is 6.10. The molecule has 0 atom stereocenters. The molecule has 0 saturated heterocycles. The molecule has 19 heteroatoms. The van der Waals surface area contributed by atoms with Gasteiger partial charge in [-0.15, -0.1) is 0 Å². The highest BCUT2D eigenvalue weighted by Gasteiger charge is 2.93. The molecule has 0 aromatic heterocycles. The fourth-order valence-corrected chi connectivity index (χ4v) is 3.26. The number of carbonyl (C=O) groups is 1. The van der Waals surface area contributed by atoms with Gasteiger partial charge in [0.15, 0.2) is 0 Å². The van der Waals surface area contributed by atoms with E-state index in [0.717, 1.165) is 22.6 Å². The number of allylic oxidation sites excluding steroid dienone is 1. The lowest BCUT2D eigenvalue weighted by Crippen LogP contribution is -2.72. The van der Waals surface area contributed by atoms with Gasteiger partial charge in [-0.25, -0.2) is 0 Å². The van der Waals surface area contributed by atoms with Crippen LogP contribution in [0.3, 0.4) is 0 Å². The molecule has 212 valence electrons. The number of alkyl halides is 15. The second-order valence-corrected chi connectivity index (χ2v) is 9.40. The Morgan fingerprint density at radius 1 is 0.730 bits per heavy atom. The summed E-state index contributed by atoms with van der Waals surface area (Å²) < 4.78 is 197. The molecular weight excluding hydrogens is 738 g/mol. The van der Waals surface area contributed by atoms with Crippen LogP contribution in [0.25, 0.3) is 0 Å². The van der Waals surface area contributed by atoms with Gasteiger partial charge in [0.2, 0.25) is 0 Å². The molecule has 0 heterocycles. The quantitative estimate of drug-likeness (QED) is 0.190. The highest BCUT2D eigenvalue weighted by atomic mass is 127. The van der Waals surface area contributed by atoms with Gasteiger partial charge in [-0.1, -0.05) is 15.9 Å². The van der Waals surface area contributed by atoms with Crippen LogP contribution in [0.1, 0.15) is 16.8 Å². The number of benzene rings is 1. The zero-order valence-electron chi connectivity index (χ0n) is 17.1. The molecule has 0 bridgehead atoms. The van der Waals surface area contributed by atoms with Crippen LogP contribution in [0.5, 0.6) is 0 Å². The van der Waals surface area contributed by atoms with Crippen molar-refractivity contribution in [2.45, 2.75) is 48.1 Å². The van der Waals surface area contributed by atoms with Crippen molar-refractivity contribution in [2.75, 3.05) is 6.54 Å². The molecule has 0 unspecified atom stereocenters. The van der Waals surface area contributed by atoms with Crippen molar-refractivity contribution in [1.82, 2.24) is 5.32 Å². The van der Waals surface area contributed by atoms with E-state index in [2.05, 4.69) is 21.2 Å². The Labute approximate surface area is 218 Å². The zero-order valence-corrected chi connectivity index (χ0v) is 20.9. The summed E-state index contributed by atoms with van der Waals surface area (Å²) in [5.41, 5.74) is 0.0255. The molecule has 1 amide bonds. The molecule has 0 radical (unpaired) electrons. The first-order chi connectivity index (χ1) is 16.3. The number of carbonyl (C=O) groups excluding carboxylic acids is 1. The Balaban J connectivity index is 3.18. The lowest BCUT2D eigenvalue weighted by Gasteiger charge is -2.41. The molecule has 0 aliphatic rings. The normalized spacial score (nSPS) is 15.1. The fourth-order valence-electron chi connectivity index (χ4n) is 2.34. The van der Waals surface area contributed by atoms with Gasteiger partial charge in [0.25, 0.3) is 5.91 Å². The maximum atomic E-state index is 13.9. The van der Waals surface area contributed by atoms with Crippen LogP contribution in [0.15, 0.2) is 38.4 Å². The molecule has 0 fully saturated rings. The molecule has 1 aromatic rings. The first-order valence-electron chi connectivity index (χ1n) is 9.02. The van der Waals surface area contributed by atoms with Crippen LogP contribution < -0.4 is 5.32 Å². The predicted octanol–water partition coefficient (Wildman–Crippen LogP) is 8.26. The molecule has 2 nitrogen and oxygen atoms in total. The van der Waals surface area contributed by atoms with E-state index >= 15 is 0 Å². The van der Waals surface area contributed by atoms with Crippen LogP contribution in [0.2, 0.25) is 0 Å². The van der Waals surface area contributed by atoms with Gasteiger partial charge in [-0.05, 0) is 56.9 Å². The summed E-state index contributed by atoms with van der Waals surface area (Å²) in [5, 5.41) is 2.09. The minimum Gasteiger partial charge on any atom is -0.352 e. The van der Waals surface area contributed by atoms with Gasteiger partial charge in [0.05, 0.1) is 0 Å². The number of hydrogen-bond acceptors (Lipinski definition) is 1. The van der Waals surface area contributed by atoms with Gasteiger partial charge >= 0.3 is 41.7 Å². The van der Waals surface area contributed by atoms with E-state index in [-0.39, 0.29) is 5.56 Å². The summed E-state index contributed by atoms with van der Waals surface area (Å²) in [7, 11) is 0. The lowest BCUT2D eigenvalue weighted by atomic mass is 9.91. The molecule has 0 aliphatic carbocycles. The third-order valence-corrected chi connectivity index (χ3v) is 5.83. The van der Waals surface area contributed by atoms with E-state index in [1.54, 1.807) is 0 Å². The van der Waals surface area contributed by atoms with E-state index in [1.807, 2.05) is 0 Å². The Morgan fingerprint density at radius 3 is 1.57 bits per heavy atom. The second kappa shape index (κ2) is 10.6. The first-order valence-corrected chi connectivity index (χ1v) is 10.9. The minimum absolute atomic E-state index is 0.0255. The molecular formula is C18H10BrF15INO. The molecule has 1 rings (SSSR count). The Kier molecular flexibility index (Phi) is 9.66. The van der Waals surface area contributed by atoms with Crippen molar-refractivity contribution < 1.29 is 70.7 Å². The van der Waals surface area contributed by atoms with Crippen molar-refractivity contribution in [3.8, 4) is 0 Å². The van der Waals surface area contributed by atoms with Crippen molar-refractivity contribution in [3.63, 3.8) is 0 Å². The Hall–Kier alpha value is -1.41. The van der Waals surface area contributed by atoms with Gasteiger partial charge in [-0.3, -0.25) is 4.79 Å². The third-order valence-electron chi connectivity index (χ3n) is 4.45. The first kappa shape index (κ1) is 33.6.